The molecule has 0 saturated carbocycles. The quantitative estimate of drug-likeness (QED) is 0.904. The minimum atomic E-state index is -3.48. The van der Waals surface area contributed by atoms with Crippen LogP contribution in [0.2, 0.25) is 0 Å². The van der Waals surface area contributed by atoms with E-state index in [1.165, 1.54) is 15.6 Å². The maximum Gasteiger partial charge on any atom is 0.252 e. The fraction of sp³-hybridized carbons (Fsp3) is 0.667. The number of hydrogen-bond acceptors (Lipinski definition) is 5. The van der Waals surface area contributed by atoms with Crippen LogP contribution in [0.15, 0.2) is 16.3 Å². The van der Waals surface area contributed by atoms with Crippen LogP contribution in [0.3, 0.4) is 0 Å². The molecule has 1 N–H and O–H groups in total. The summed E-state index contributed by atoms with van der Waals surface area (Å²) < 4.78 is 32.4. The summed E-state index contributed by atoms with van der Waals surface area (Å²) in [5, 5.41) is 9.13. The Morgan fingerprint density at radius 3 is 2.84 bits per heavy atom. The number of aryl methyl sites for hydroxylation is 1. The summed E-state index contributed by atoms with van der Waals surface area (Å²) in [5.74, 6) is 0. The zero-order chi connectivity index (χ0) is 14.0. The van der Waals surface area contributed by atoms with Gasteiger partial charge in [-0.05, 0) is 25.5 Å². The maximum atomic E-state index is 12.6. The van der Waals surface area contributed by atoms with Crippen LogP contribution in [0, 0.1) is 0 Å². The van der Waals surface area contributed by atoms with Crippen molar-refractivity contribution in [3.8, 4) is 0 Å². The van der Waals surface area contributed by atoms with E-state index < -0.39 is 16.1 Å². The highest BCUT2D eigenvalue weighted by Gasteiger charge is 2.36. The van der Waals surface area contributed by atoms with E-state index in [1.54, 1.807) is 6.07 Å². The van der Waals surface area contributed by atoms with E-state index in [-0.39, 0.29) is 19.2 Å². The third kappa shape index (κ3) is 3.00. The standard InChI is InChI=1S/C12H19NO4S2/c1-3-11-4-5-12(18-11)19(15,16)13-6-10(7-14)17-8-9(13)2/h4-5,9-10,14H,3,6-8H2,1-2H3. The number of thiophene rings is 1. The van der Waals surface area contributed by atoms with Gasteiger partial charge in [-0.15, -0.1) is 11.3 Å². The second-order valence-corrected chi connectivity index (χ2v) is 7.92. The summed E-state index contributed by atoms with van der Waals surface area (Å²) in [6.07, 6.45) is 0.398. The molecule has 1 aliphatic heterocycles. The van der Waals surface area contributed by atoms with Crippen LogP contribution in [-0.2, 0) is 21.2 Å². The van der Waals surface area contributed by atoms with Crippen LogP contribution in [0.1, 0.15) is 18.7 Å². The van der Waals surface area contributed by atoms with Crippen molar-refractivity contribution in [2.75, 3.05) is 19.8 Å². The Morgan fingerprint density at radius 2 is 2.26 bits per heavy atom. The first kappa shape index (κ1) is 14.9. The Balaban J connectivity index is 2.26. The molecule has 19 heavy (non-hydrogen) atoms. The summed E-state index contributed by atoms with van der Waals surface area (Å²) in [6, 6.07) is 3.31. The molecule has 108 valence electrons. The van der Waals surface area contributed by atoms with Gasteiger partial charge < -0.3 is 9.84 Å². The third-order valence-electron chi connectivity index (χ3n) is 3.20. The molecule has 1 fully saturated rings. The van der Waals surface area contributed by atoms with Crippen molar-refractivity contribution in [3.05, 3.63) is 17.0 Å². The van der Waals surface area contributed by atoms with Gasteiger partial charge in [-0.1, -0.05) is 6.92 Å². The van der Waals surface area contributed by atoms with Crippen molar-refractivity contribution < 1.29 is 18.3 Å². The van der Waals surface area contributed by atoms with Crippen molar-refractivity contribution in [1.29, 1.82) is 0 Å². The van der Waals surface area contributed by atoms with Crippen LogP contribution in [-0.4, -0.2) is 49.7 Å². The van der Waals surface area contributed by atoms with E-state index in [4.69, 9.17) is 9.84 Å². The monoisotopic (exact) mass is 305 g/mol. The molecule has 0 amide bonds. The Hall–Kier alpha value is -0.470. The summed E-state index contributed by atoms with van der Waals surface area (Å²) in [7, 11) is -3.48. The van der Waals surface area contributed by atoms with E-state index in [2.05, 4.69) is 0 Å². The first-order valence-electron chi connectivity index (χ1n) is 6.32. The molecular formula is C12H19NO4S2. The number of ether oxygens (including phenoxy) is 1. The molecule has 0 spiro atoms. The van der Waals surface area contributed by atoms with Gasteiger partial charge in [0.1, 0.15) is 4.21 Å². The van der Waals surface area contributed by atoms with Crippen LogP contribution in [0.25, 0.3) is 0 Å². The minimum Gasteiger partial charge on any atom is -0.394 e. The second-order valence-electron chi connectivity index (χ2n) is 4.64. The zero-order valence-electron chi connectivity index (χ0n) is 11.1. The lowest BCUT2D eigenvalue weighted by Crippen LogP contribution is -2.51. The third-order valence-corrected chi connectivity index (χ3v) is 6.88. The lowest BCUT2D eigenvalue weighted by molar-refractivity contribution is -0.0515. The fourth-order valence-electron chi connectivity index (χ4n) is 2.04. The smallest absolute Gasteiger partial charge is 0.252 e. The van der Waals surface area contributed by atoms with E-state index in [0.717, 1.165) is 11.3 Å². The number of sulfonamides is 1. The summed E-state index contributed by atoms with van der Waals surface area (Å²) in [5.41, 5.74) is 0. The minimum absolute atomic E-state index is 0.163. The molecule has 1 saturated heterocycles. The lowest BCUT2D eigenvalue weighted by atomic mass is 10.2. The average Bonchev–Trinajstić information content (AvgIpc) is 2.88. The summed E-state index contributed by atoms with van der Waals surface area (Å²) in [6.45, 7) is 4.18. The molecule has 2 heterocycles. The molecule has 0 bridgehead atoms. The topological polar surface area (TPSA) is 66.8 Å². The molecule has 0 aromatic carbocycles. The van der Waals surface area contributed by atoms with Gasteiger partial charge in [0.2, 0.25) is 0 Å². The molecule has 0 aliphatic carbocycles. The first-order chi connectivity index (χ1) is 8.98. The molecular weight excluding hydrogens is 286 g/mol. The highest BCUT2D eigenvalue weighted by atomic mass is 32.2. The summed E-state index contributed by atoms with van der Waals surface area (Å²) >= 11 is 1.31. The Bertz CT molecular complexity index is 526. The normalized spacial score (nSPS) is 25.6. The molecule has 2 unspecified atom stereocenters. The molecule has 1 aromatic heterocycles. The van der Waals surface area contributed by atoms with Crippen molar-refractivity contribution in [3.63, 3.8) is 0 Å². The number of nitrogens with zero attached hydrogens (tertiary/aromatic N) is 1. The number of aliphatic hydroxyl groups excluding tert-OH is 1. The number of aliphatic hydroxyl groups is 1. The molecule has 1 aliphatic rings. The predicted molar refractivity (Wildman–Crippen MR) is 73.9 cm³/mol. The fourth-order valence-corrected chi connectivity index (χ4v) is 5.11. The highest BCUT2D eigenvalue weighted by molar-refractivity contribution is 7.91. The van der Waals surface area contributed by atoms with Gasteiger partial charge in [0.15, 0.2) is 0 Å². The van der Waals surface area contributed by atoms with Gasteiger partial charge in [0, 0.05) is 17.5 Å². The predicted octanol–water partition coefficient (Wildman–Crippen LogP) is 1.08. The Kier molecular flexibility index (Phi) is 4.62. The van der Waals surface area contributed by atoms with Gasteiger partial charge in [-0.2, -0.15) is 4.31 Å². The van der Waals surface area contributed by atoms with Crippen LogP contribution in [0.4, 0.5) is 0 Å². The van der Waals surface area contributed by atoms with Crippen molar-refractivity contribution in [1.82, 2.24) is 4.31 Å². The molecule has 5 nitrogen and oxygen atoms in total. The molecule has 0 radical (unpaired) electrons. The van der Waals surface area contributed by atoms with E-state index in [1.807, 2.05) is 19.9 Å². The molecule has 2 rings (SSSR count). The summed E-state index contributed by atoms with van der Waals surface area (Å²) in [4.78, 5) is 1.05. The lowest BCUT2D eigenvalue weighted by Gasteiger charge is -2.35. The van der Waals surface area contributed by atoms with Crippen molar-refractivity contribution >= 4 is 21.4 Å². The Labute approximate surface area is 117 Å². The van der Waals surface area contributed by atoms with Crippen molar-refractivity contribution in [2.45, 2.75) is 36.6 Å². The first-order valence-corrected chi connectivity index (χ1v) is 8.57. The zero-order valence-corrected chi connectivity index (χ0v) is 12.7. The van der Waals surface area contributed by atoms with E-state index in [0.29, 0.717) is 10.8 Å². The number of hydrogen-bond donors (Lipinski definition) is 1. The van der Waals surface area contributed by atoms with Crippen LogP contribution >= 0.6 is 11.3 Å². The van der Waals surface area contributed by atoms with Crippen LogP contribution in [0.5, 0.6) is 0 Å². The van der Waals surface area contributed by atoms with Gasteiger partial charge >= 0.3 is 0 Å². The largest absolute Gasteiger partial charge is 0.394 e. The van der Waals surface area contributed by atoms with Gasteiger partial charge in [-0.25, -0.2) is 8.42 Å². The van der Waals surface area contributed by atoms with Crippen LogP contribution < -0.4 is 0 Å². The number of morpholine rings is 1. The maximum absolute atomic E-state index is 12.6. The van der Waals surface area contributed by atoms with Gasteiger partial charge in [0.25, 0.3) is 10.0 Å². The van der Waals surface area contributed by atoms with Gasteiger partial charge in [0.05, 0.1) is 19.3 Å². The second kappa shape index (κ2) is 5.88. The average molecular weight is 305 g/mol. The molecule has 1 aromatic rings. The van der Waals surface area contributed by atoms with E-state index in [9.17, 15) is 8.42 Å². The number of rotatable bonds is 4. The van der Waals surface area contributed by atoms with Gasteiger partial charge in [-0.3, -0.25) is 0 Å². The SMILES string of the molecule is CCc1ccc(S(=O)(=O)N2CC(CO)OCC2C)s1. The van der Waals surface area contributed by atoms with Crippen molar-refractivity contribution in [2.24, 2.45) is 0 Å². The Morgan fingerprint density at radius 1 is 1.53 bits per heavy atom. The molecule has 2 atom stereocenters. The highest BCUT2D eigenvalue weighted by Crippen LogP contribution is 2.28. The van der Waals surface area contributed by atoms with E-state index >= 15 is 0 Å². The molecule has 7 heteroatoms.